The van der Waals surface area contributed by atoms with Crippen LogP contribution in [0, 0.1) is 0 Å². The highest BCUT2D eigenvalue weighted by Gasteiger charge is 2.18. The first-order chi connectivity index (χ1) is 15.0. The van der Waals surface area contributed by atoms with Crippen molar-refractivity contribution in [3.63, 3.8) is 0 Å². The molecule has 3 aromatic carbocycles. The molecule has 0 aliphatic heterocycles. The summed E-state index contributed by atoms with van der Waals surface area (Å²) in [5.74, 6) is -0.464. The third-order valence-corrected chi connectivity index (χ3v) is 6.69. The summed E-state index contributed by atoms with van der Waals surface area (Å²) in [6, 6.07) is 23.1. The van der Waals surface area contributed by atoms with Crippen molar-refractivity contribution in [1.29, 1.82) is 0 Å². The third-order valence-electron chi connectivity index (χ3n) is 4.90. The van der Waals surface area contributed by atoms with Gasteiger partial charge in [-0.25, -0.2) is 13.2 Å². The average Bonchev–Trinajstić information content (AvgIpc) is 2.80. The minimum absolute atomic E-state index is 0.151. The van der Waals surface area contributed by atoms with Gasteiger partial charge in [-0.05, 0) is 73.8 Å². The highest BCUT2D eigenvalue weighted by molar-refractivity contribution is 7.91. The maximum Gasteiger partial charge on any atom is 0.338 e. The third kappa shape index (κ3) is 6.26. The second-order valence-corrected chi connectivity index (χ2v) is 9.11. The lowest BCUT2D eigenvalue weighted by atomic mass is 10.1. The Morgan fingerprint density at radius 3 is 2.06 bits per heavy atom. The highest BCUT2D eigenvalue weighted by atomic mass is 32.2. The molecule has 0 spiro atoms. The molecule has 6 heteroatoms. The van der Waals surface area contributed by atoms with Gasteiger partial charge in [0.2, 0.25) is 9.84 Å². The van der Waals surface area contributed by atoms with E-state index in [4.69, 9.17) is 4.74 Å². The molecule has 31 heavy (non-hydrogen) atoms. The summed E-state index contributed by atoms with van der Waals surface area (Å²) in [4.78, 5) is 12.1. The summed E-state index contributed by atoms with van der Waals surface area (Å²) < 4.78 is 30.6. The van der Waals surface area contributed by atoms with Crippen molar-refractivity contribution >= 4 is 15.8 Å². The van der Waals surface area contributed by atoms with E-state index in [0.717, 1.165) is 31.5 Å². The van der Waals surface area contributed by atoms with Crippen LogP contribution in [0.5, 0.6) is 0 Å². The van der Waals surface area contributed by atoms with Crippen molar-refractivity contribution in [3.8, 4) is 0 Å². The molecule has 5 nitrogen and oxygen atoms in total. The average molecular weight is 438 g/mol. The van der Waals surface area contributed by atoms with Gasteiger partial charge in [-0.3, -0.25) is 0 Å². The van der Waals surface area contributed by atoms with E-state index in [-0.39, 0.29) is 16.4 Å². The van der Waals surface area contributed by atoms with Crippen molar-refractivity contribution in [3.05, 3.63) is 95.6 Å². The number of carbonyl (C=O) groups excluding carboxylic acids is 1. The van der Waals surface area contributed by atoms with Crippen LogP contribution in [0.2, 0.25) is 0 Å². The lowest BCUT2D eigenvalue weighted by molar-refractivity contribution is 0.0526. The van der Waals surface area contributed by atoms with E-state index in [0.29, 0.717) is 5.56 Å². The fourth-order valence-corrected chi connectivity index (χ4v) is 4.46. The molecular formula is C25H27NO4S. The summed E-state index contributed by atoms with van der Waals surface area (Å²) in [5.41, 5.74) is 2.68. The van der Waals surface area contributed by atoms with E-state index in [1.54, 1.807) is 19.1 Å². The topological polar surface area (TPSA) is 72.5 Å². The van der Waals surface area contributed by atoms with Crippen molar-refractivity contribution < 1.29 is 17.9 Å². The molecule has 0 heterocycles. The van der Waals surface area contributed by atoms with E-state index in [1.165, 1.54) is 29.8 Å². The first-order valence-electron chi connectivity index (χ1n) is 10.4. The van der Waals surface area contributed by atoms with E-state index >= 15 is 0 Å². The number of carbonyl (C=O) groups is 1. The van der Waals surface area contributed by atoms with Crippen molar-refractivity contribution in [2.75, 3.05) is 13.2 Å². The van der Waals surface area contributed by atoms with Gasteiger partial charge in [0.25, 0.3) is 0 Å². The number of benzene rings is 3. The van der Waals surface area contributed by atoms with Crippen LogP contribution in [0.15, 0.2) is 88.7 Å². The van der Waals surface area contributed by atoms with Crippen LogP contribution < -0.4 is 5.32 Å². The Hall–Kier alpha value is -2.96. The van der Waals surface area contributed by atoms with Crippen LogP contribution in [0.3, 0.4) is 0 Å². The Kier molecular flexibility index (Phi) is 7.98. The van der Waals surface area contributed by atoms with Gasteiger partial charge in [0, 0.05) is 6.54 Å². The maximum absolute atomic E-state index is 12.9. The summed E-state index contributed by atoms with van der Waals surface area (Å²) >= 11 is 0. The number of hydrogen-bond donors (Lipinski definition) is 1. The van der Waals surface area contributed by atoms with Crippen molar-refractivity contribution in [1.82, 2.24) is 5.32 Å². The number of esters is 1. The van der Waals surface area contributed by atoms with Gasteiger partial charge in [-0.15, -0.1) is 0 Å². The Bertz CT molecular complexity index is 1080. The number of hydrogen-bond acceptors (Lipinski definition) is 5. The number of sulfone groups is 1. The lowest BCUT2D eigenvalue weighted by Crippen LogP contribution is -2.15. The Balaban J connectivity index is 1.54. The van der Waals surface area contributed by atoms with Gasteiger partial charge in [0.05, 0.1) is 22.0 Å². The van der Waals surface area contributed by atoms with E-state index in [2.05, 4.69) is 17.4 Å². The van der Waals surface area contributed by atoms with Crippen LogP contribution >= 0.6 is 0 Å². The van der Waals surface area contributed by atoms with Crippen molar-refractivity contribution in [2.24, 2.45) is 0 Å². The first kappa shape index (κ1) is 22.7. The monoisotopic (exact) mass is 437 g/mol. The Morgan fingerprint density at radius 1 is 0.839 bits per heavy atom. The minimum atomic E-state index is -3.63. The fraction of sp³-hybridized carbons (Fsp3) is 0.240. The van der Waals surface area contributed by atoms with Gasteiger partial charge in [-0.1, -0.05) is 42.5 Å². The molecule has 0 aliphatic rings. The standard InChI is InChI=1S/C25H27NO4S/c1-2-30-25(27)22-12-16-24(17-13-22)31(28,29)23-14-10-20(11-15-23)9-6-18-26-19-21-7-4-3-5-8-21/h3-5,7-8,10-17,26H,2,6,9,18-19H2,1H3. The van der Waals surface area contributed by atoms with Gasteiger partial charge in [0.1, 0.15) is 0 Å². The van der Waals surface area contributed by atoms with E-state index < -0.39 is 15.8 Å². The van der Waals surface area contributed by atoms with Crippen LogP contribution in [0.1, 0.15) is 34.8 Å². The smallest absolute Gasteiger partial charge is 0.338 e. The number of rotatable bonds is 10. The normalized spacial score (nSPS) is 11.3. The van der Waals surface area contributed by atoms with Crippen LogP contribution in [-0.2, 0) is 27.5 Å². The number of nitrogens with one attached hydrogen (secondary N) is 1. The zero-order chi connectivity index (χ0) is 22.1. The molecule has 0 radical (unpaired) electrons. The predicted octanol–water partition coefficient (Wildman–Crippen LogP) is 4.42. The number of ether oxygens (including phenoxy) is 1. The highest BCUT2D eigenvalue weighted by Crippen LogP contribution is 2.22. The predicted molar refractivity (Wildman–Crippen MR) is 121 cm³/mol. The Morgan fingerprint density at radius 2 is 1.45 bits per heavy atom. The van der Waals surface area contributed by atoms with Crippen LogP contribution in [-0.4, -0.2) is 27.5 Å². The Labute approximate surface area is 184 Å². The first-order valence-corrected chi connectivity index (χ1v) is 11.8. The minimum Gasteiger partial charge on any atom is -0.462 e. The second-order valence-electron chi connectivity index (χ2n) is 7.16. The zero-order valence-corrected chi connectivity index (χ0v) is 18.4. The molecule has 0 saturated heterocycles. The molecule has 0 saturated carbocycles. The van der Waals surface area contributed by atoms with E-state index in [9.17, 15) is 13.2 Å². The SMILES string of the molecule is CCOC(=O)c1ccc(S(=O)(=O)c2ccc(CCCNCc3ccccc3)cc2)cc1. The quantitative estimate of drug-likeness (QED) is 0.376. The summed E-state index contributed by atoms with van der Waals surface area (Å²) in [6.45, 7) is 3.73. The molecule has 1 N–H and O–H groups in total. The molecule has 3 aromatic rings. The van der Waals surface area contributed by atoms with Gasteiger partial charge in [0.15, 0.2) is 0 Å². The van der Waals surface area contributed by atoms with Gasteiger partial charge >= 0.3 is 5.97 Å². The molecule has 3 rings (SSSR count). The molecular weight excluding hydrogens is 410 g/mol. The summed E-state index contributed by atoms with van der Waals surface area (Å²) in [5, 5.41) is 3.42. The molecule has 0 aliphatic carbocycles. The van der Waals surface area contributed by atoms with E-state index in [1.807, 2.05) is 30.3 Å². The van der Waals surface area contributed by atoms with Crippen LogP contribution in [0.4, 0.5) is 0 Å². The molecule has 0 bridgehead atoms. The van der Waals surface area contributed by atoms with Crippen molar-refractivity contribution in [2.45, 2.75) is 36.1 Å². The lowest BCUT2D eigenvalue weighted by Gasteiger charge is -2.08. The fourth-order valence-electron chi connectivity index (χ4n) is 3.20. The second kappa shape index (κ2) is 10.9. The summed E-state index contributed by atoms with van der Waals surface area (Å²) in [7, 11) is -3.63. The largest absolute Gasteiger partial charge is 0.462 e. The molecule has 0 amide bonds. The summed E-state index contributed by atoms with van der Waals surface area (Å²) in [6.07, 6.45) is 1.84. The van der Waals surface area contributed by atoms with Gasteiger partial charge < -0.3 is 10.1 Å². The molecule has 162 valence electrons. The van der Waals surface area contributed by atoms with Crippen LogP contribution in [0.25, 0.3) is 0 Å². The maximum atomic E-state index is 12.9. The molecule has 0 fully saturated rings. The number of aryl methyl sites for hydroxylation is 1. The molecule has 0 aromatic heterocycles. The zero-order valence-electron chi connectivity index (χ0n) is 17.6. The molecule has 0 atom stereocenters. The van der Waals surface area contributed by atoms with Gasteiger partial charge in [-0.2, -0.15) is 0 Å². The molecule has 0 unspecified atom stereocenters.